The predicted octanol–water partition coefficient (Wildman–Crippen LogP) is 3.67. The van der Waals surface area contributed by atoms with Gasteiger partial charge in [0.15, 0.2) is 17.3 Å². The number of anilines is 1. The average Bonchev–Trinajstić information content (AvgIpc) is 3.27. The number of carbonyl (C=O) groups is 1. The maximum atomic E-state index is 14.1. The molecule has 2 fully saturated rings. The molecule has 1 saturated heterocycles. The van der Waals surface area contributed by atoms with Crippen molar-refractivity contribution in [2.75, 3.05) is 26.5 Å². The van der Waals surface area contributed by atoms with Crippen LogP contribution in [-0.4, -0.2) is 42.6 Å². The first-order valence-corrected chi connectivity index (χ1v) is 9.92. The van der Waals surface area contributed by atoms with Gasteiger partial charge in [0, 0.05) is 17.8 Å². The minimum absolute atomic E-state index is 0. The van der Waals surface area contributed by atoms with Gasteiger partial charge in [-0.15, -0.1) is 0 Å². The molecule has 0 bridgehead atoms. The van der Waals surface area contributed by atoms with Crippen LogP contribution in [0, 0.1) is 24.6 Å². The van der Waals surface area contributed by atoms with E-state index in [1.807, 2.05) is 0 Å². The van der Waals surface area contributed by atoms with Gasteiger partial charge < -0.3 is 20.5 Å². The van der Waals surface area contributed by atoms with E-state index < -0.39 is 5.82 Å². The summed E-state index contributed by atoms with van der Waals surface area (Å²) < 4.78 is 24.1. The second-order valence-electron chi connectivity index (χ2n) is 7.75. The number of carbonyl (C=O) groups excluding carboxylic acids is 1. The first-order chi connectivity index (χ1) is 13.8. The number of ketones is 1. The molecule has 3 atom stereocenters. The van der Waals surface area contributed by atoms with Gasteiger partial charge in [0.1, 0.15) is 22.9 Å². The Labute approximate surface area is 177 Å². The second-order valence-corrected chi connectivity index (χ2v) is 7.75. The lowest BCUT2D eigenvalue weighted by molar-refractivity contribution is -0.117. The van der Waals surface area contributed by atoms with Crippen molar-refractivity contribution in [1.29, 1.82) is 0 Å². The van der Waals surface area contributed by atoms with Crippen LogP contribution in [0.5, 0.6) is 11.5 Å². The van der Waals surface area contributed by atoms with Gasteiger partial charge in [-0.25, -0.2) is 14.4 Å². The largest absolute Gasteiger partial charge is 0.493 e. The number of nitrogens with two attached hydrogens (primary N) is 1. The predicted molar refractivity (Wildman–Crippen MR) is 116 cm³/mol. The maximum absolute atomic E-state index is 14.1. The molecule has 2 aromatic rings. The monoisotopic (exact) mass is 420 g/mol. The van der Waals surface area contributed by atoms with Crippen molar-refractivity contribution < 1.29 is 18.7 Å². The Kier molecular flexibility index (Phi) is 7.95. The number of nitrogens with zero attached hydrogens (tertiary/aromatic N) is 2. The summed E-state index contributed by atoms with van der Waals surface area (Å²) in [6.07, 6.45) is 4.86. The van der Waals surface area contributed by atoms with E-state index in [2.05, 4.69) is 15.3 Å². The SMILES string of the molecule is C.CC(=O)C[C@H]1NCC2CCCC21.COc1cc2c(N)nc(C)nc2c(F)c1OC. The molecular formula is C22H33FN4O3. The number of hydrogen-bond acceptors (Lipinski definition) is 7. The third kappa shape index (κ3) is 4.80. The highest BCUT2D eigenvalue weighted by Gasteiger charge is 2.38. The number of fused-ring (bicyclic) bond motifs is 2. The molecule has 8 heteroatoms. The standard InChI is InChI=1S/C11H12FN3O2.C10H17NO.CH4/c1-5-14-9-6(11(13)15-5)4-7(16-2)10(17-3)8(9)12;1-7(12)5-10-9-4-2-3-8(9)6-11-10;/h4H,1-3H3,(H2,13,14,15);8-11H,2-6H2,1H3;1H4/t;8?,9?,10-;/m.1./s1. The highest BCUT2D eigenvalue weighted by Crippen LogP contribution is 2.39. The highest BCUT2D eigenvalue weighted by atomic mass is 19.1. The molecule has 2 unspecified atom stereocenters. The van der Waals surface area contributed by atoms with Crippen LogP contribution in [0.1, 0.15) is 45.9 Å². The Morgan fingerprint density at radius 3 is 2.67 bits per heavy atom. The number of aromatic nitrogens is 2. The summed E-state index contributed by atoms with van der Waals surface area (Å²) in [6.45, 7) is 4.50. The van der Waals surface area contributed by atoms with Crippen molar-refractivity contribution in [3.63, 3.8) is 0 Å². The van der Waals surface area contributed by atoms with Crippen LogP contribution >= 0.6 is 0 Å². The smallest absolute Gasteiger partial charge is 0.199 e. The zero-order valence-corrected chi connectivity index (χ0v) is 17.4. The summed E-state index contributed by atoms with van der Waals surface area (Å²) in [5.41, 5.74) is 5.86. The maximum Gasteiger partial charge on any atom is 0.199 e. The van der Waals surface area contributed by atoms with E-state index in [1.165, 1.54) is 33.5 Å². The molecule has 2 aliphatic rings. The van der Waals surface area contributed by atoms with Crippen LogP contribution in [0.25, 0.3) is 10.9 Å². The van der Waals surface area contributed by atoms with Crippen LogP contribution in [-0.2, 0) is 4.79 Å². The Morgan fingerprint density at radius 2 is 2.03 bits per heavy atom. The molecule has 0 amide bonds. The summed E-state index contributed by atoms with van der Waals surface area (Å²) in [5.74, 6) is 2.32. The first-order valence-electron chi connectivity index (χ1n) is 9.92. The topological polar surface area (TPSA) is 99.4 Å². The van der Waals surface area contributed by atoms with Crippen molar-refractivity contribution in [2.24, 2.45) is 11.8 Å². The van der Waals surface area contributed by atoms with E-state index in [9.17, 15) is 9.18 Å². The first kappa shape index (κ1) is 23.8. The lowest BCUT2D eigenvalue weighted by Gasteiger charge is -2.16. The molecule has 1 aromatic carbocycles. The fourth-order valence-corrected chi connectivity index (χ4v) is 4.50. The van der Waals surface area contributed by atoms with Crippen LogP contribution in [0.4, 0.5) is 10.2 Å². The van der Waals surface area contributed by atoms with Crippen molar-refractivity contribution in [2.45, 2.75) is 53.0 Å². The second kappa shape index (κ2) is 10.0. The molecule has 0 radical (unpaired) electrons. The van der Waals surface area contributed by atoms with Gasteiger partial charge in [0.2, 0.25) is 0 Å². The minimum Gasteiger partial charge on any atom is -0.493 e. The van der Waals surface area contributed by atoms with Gasteiger partial charge in [-0.3, -0.25) is 4.79 Å². The van der Waals surface area contributed by atoms with Crippen molar-refractivity contribution >= 4 is 22.5 Å². The Morgan fingerprint density at radius 1 is 1.30 bits per heavy atom. The summed E-state index contributed by atoms with van der Waals surface area (Å²) in [7, 11) is 2.79. The van der Waals surface area contributed by atoms with E-state index in [1.54, 1.807) is 19.9 Å². The quantitative estimate of drug-likeness (QED) is 0.778. The normalized spacial score (nSPS) is 22.0. The van der Waals surface area contributed by atoms with Crippen molar-refractivity contribution in [1.82, 2.24) is 15.3 Å². The van der Waals surface area contributed by atoms with Crippen molar-refractivity contribution in [3.05, 3.63) is 17.7 Å². The Hall–Kier alpha value is -2.48. The molecule has 0 spiro atoms. The number of ether oxygens (including phenoxy) is 2. The summed E-state index contributed by atoms with van der Waals surface area (Å²) in [5, 5.41) is 3.88. The average molecular weight is 421 g/mol. The number of nitrogens with one attached hydrogen (secondary N) is 1. The third-order valence-electron chi connectivity index (χ3n) is 5.80. The van der Waals surface area contributed by atoms with Crippen LogP contribution in [0.15, 0.2) is 6.07 Å². The van der Waals surface area contributed by atoms with Gasteiger partial charge in [-0.05, 0) is 51.1 Å². The number of hydrogen-bond donors (Lipinski definition) is 2. The van der Waals surface area contributed by atoms with Crippen molar-refractivity contribution in [3.8, 4) is 11.5 Å². The summed E-state index contributed by atoms with van der Waals surface area (Å²) in [6, 6.07) is 2.07. The van der Waals surface area contributed by atoms with Crippen LogP contribution in [0.2, 0.25) is 0 Å². The van der Waals surface area contributed by atoms with Gasteiger partial charge in [-0.2, -0.15) is 0 Å². The molecule has 1 saturated carbocycles. The van der Waals surface area contributed by atoms with Crippen LogP contribution in [0.3, 0.4) is 0 Å². The van der Waals surface area contributed by atoms with Crippen LogP contribution < -0.4 is 20.5 Å². The molecule has 166 valence electrons. The van der Waals surface area contributed by atoms with E-state index in [0.717, 1.165) is 24.8 Å². The van der Waals surface area contributed by atoms with E-state index in [-0.39, 0.29) is 30.3 Å². The number of halogens is 1. The number of methoxy groups -OCH3 is 2. The molecule has 1 aliphatic heterocycles. The zero-order valence-electron chi connectivity index (χ0n) is 17.4. The lowest BCUT2D eigenvalue weighted by atomic mass is 9.91. The Balaban J connectivity index is 0.000000218. The van der Waals surface area contributed by atoms with E-state index >= 15 is 0 Å². The number of nitrogen functional groups attached to an aromatic ring is 1. The molecule has 30 heavy (non-hydrogen) atoms. The fourth-order valence-electron chi connectivity index (χ4n) is 4.50. The molecule has 2 heterocycles. The molecule has 3 N–H and O–H groups in total. The van der Waals surface area contributed by atoms with Gasteiger partial charge in [0.05, 0.1) is 14.2 Å². The lowest BCUT2D eigenvalue weighted by Crippen LogP contribution is -2.28. The van der Waals surface area contributed by atoms with E-state index in [4.69, 9.17) is 15.2 Å². The molecule has 1 aliphatic carbocycles. The van der Waals surface area contributed by atoms with Gasteiger partial charge in [0.25, 0.3) is 0 Å². The molecule has 1 aromatic heterocycles. The number of aryl methyl sites for hydroxylation is 1. The number of rotatable bonds is 4. The third-order valence-corrected chi connectivity index (χ3v) is 5.80. The highest BCUT2D eigenvalue weighted by molar-refractivity contribution is 5.91. The van der Waals surface area contributed by atoms with E-state index in [0.29, 0.717) is 23.0 Å². The molecule has 7 nitrogen and oxygen atoms in total. The van der Waals surface area contributed by atoms with Gasteiger partial charge >= 0.3 is 0 Å². The fraction of sp³-hybridized carbons (Fsp3) is 0.591. The molecular weight excluding hydrogens is 387 g/mol. The number of benzene rings is 1. The summed E-state index contributed by atoms with van der Waals surface area (Å²) >= 11 is 0. The Bertz CT molecular complexity index is 906. The zero-order chi connectivity index (χ0) is 21.1. The molecule has 4 rings (SSSR count). The number of Topliss-reactive ketones (excluding diaryl/α,β-unsaturated/α-hetero) is 1. The van der Waals surface area contributed by atoms with Gasteiger partial charge in [-0.1, -0.05) is 13.8 Å². The minimum atomic E-state index is -0.598. The summed E-state index contributed by atoms with van der Waals surface area (Å²) in [4.78, 5) is 18.9.